The van der Waals surface area contributed by atoms with E-state index in [0.29, 0.717) is 17.7 Å². The van der Waals surface area contributed by atoms with Crippen molar-refractivity contribution >= 4 is 16.0 Å². The van der Waals surface area contributed by atoms with Crippen molar-refractivity contribution < 1.29 is 18.3 Å². The van der Waals surface area contributed by atoms with E-state index in [9.17, 15) is 18.3 Å². The summed E-state index contributed by atoms with van der Waals surface area (Å²) in [7, 11) is -3.50. The molecule has 0 radical (unpaired) electrons. The Hall–Kier alpha value is -2.18. The first-order valence-electron chi connectivity index (χ1n) is 6.38. The van der Waals surface area contributed by atoms with Gasteiger partial charge >= 0.3 is 5.97 Å². The molecule has 0 aromatic heterocycles. The molecule has 21 heavy (non-hydrogen) atoms. The molecule has 0 aliphatic heterocycles. The smallest absolute Gasteiger partial charge is 0.336 e. The van der Waals surface area contributed by atoms with E-state index >= 15 is 0 Å². The van der Waals surface area contributed by atoms with E-state index in [0.717, 1.165) is 0 Å². The third kappa shape index (κ3) is 3.29. The number of hydrogen-bond acceptors (Lipinski definition) is 3. The lowest BCUT2D eigenvalue weighted by atomic mass is 10.00. The van der Waals surface area contributed by atoms with Crippen LogP contribution in [0.1, 0.15) is 17.3 Å². The quantitative estimate of drug-likeness (QED) is 0.888. The molecule has 0 spiro atoms. The molecule has 0 saturated heterocycles. The van der Waals surface area contributed by atoms with E-state index in [1.54, 1.807) is 37.3 Å². The summed E-state index contributed by atoms with van der Waals surface area (Å²) in [5.41, 5.74) is 1.39. The summed E-state index contributed by atoms with van der Waals surface area (Å²) in [6.45, 7) is 2.01. The first kappa shape index (κ1) is 15.2. The van der Waals surface area contributed by atoms with Crippen molar-refractivity contribution in [2.75, 3.05) is 6.54 Å². The number of sulfonamides is 1. The molecular formula is C15H15NO4S. The number of aromatic carboxylic acids is 1. The highest BCUT2D eigenvalue weighted by atomic mass is 32.2. The predicted molar refractivity (Wildman–Crippen MR) is 79.7 cm³/mol. The highest BCUT2D eigenvalue weighted by Crippen LogP contribution is 2.25. The van der Waals surface area contributed by atoms with E-state index in [1.807, 2.05) is 0 Å². The molecule has 2 rings (SSSR count). The van der Waals surface area contributed by atoms with Crippen molar-refractivity contribution in [2.24, 2.45) is 0 Å². The molecule has 0 fully saturated rings. The Bertz CT molecular complexity index is 751. The number of rotatable bonds is 5. The van der Waals surface area contributed by atoms with Gasteiger partial charge in [0.25, 0.3) is 0 Å². The van der Waals surface area contributed by atoms with Crippen LogP contribution in [0.3, 0.4) is 0 Å². The SMILES string of the molecule is CCNS(=O)(=O)c1ccc(-c2ccccc2C(=O)O)cc1. The second kappa shape index (κ2) is 6.07. The fourth-order valence-electron chi connectivity index (χ4n) is 2.01. The summed E-state index contributed by atoms with van der Waals surface area (Å²) < 4.78 is 26.1. The second-order valence-corrected chi connectivity index (χ2v) is 6.14. The first-order chi connectivity index (χ1) is 9.95. The molecule has 0 amide bonds. The summed E-state index contributed by atoms with van der Waals surface area (Å²) >= 11 is 0. The number of nitrogens with one attached hydrogen (secondary N) is 1. The van der Waals surface area contributed by atoms with Crippen molar-refractivity contribution in [1.29, 1.82) is 0 Å². The van der Waals surface area contributed by atoms with Crippen LogP contribution in [0, 0.1) is 0 Å². The fraction of sp³-hybridized carbons (Fsp3) is 0.133. The van der Waals surface area contributed by atoms with Crippen molar-refractivity contribution in [2.45, 2.75) is 11.8 Å². The first-order valence-corrected chi connectivity index (χ1v) is 7.86. The highest BCUT2D eigenvalue weighted by molar-refractivity contribution is 7.89. The van der Waals surface area contributed by atoms with Crippen molar-refractivity contribution in [3.63, 3.8) is 0 Å². The molecule has 6 heteroatoms. The maximum atomic E-state index is 11.8. The minimum absolute atomic E-state index is 0.154. The molecule has 0 atom stereocenters. The van der Waals surface area contributed by atoms with Gasteiger partial charge < -0.3 is 5.11 Å². The van der Waals surface area contributed by atoms with Gasteiger partial charge in [-0.05, 0) is 29.3 Å². The van der Waals surface area contributed by atoms with E-state index in [-0.39, 0.29) is 10.5 Å². The zero-order chi connectivity index (χ0) is 15.5. The van der Waals surface area contributed by atoms with E-state index in [4.69, 9.17) is 0 Å². The lowest BCUT2D eigenvalue weighted by Gasteiger charge is -2.08. The van der Waals surface area contributed by atoms with Gasteiger partial charge in [-0.3, -0.25) is 0 Å². The Morgan fingerprint density at radius 1 is 1.10 bits per heavy atom. The van der Waals surface area contributed by atoms with Crippen LogP contribution in [0.15, 0.2) is 53.4 Å². The van der Waals surface area contributed by atoms with Gasteiger partial charge in [-0.2, -0.15) is 0 Å². The number of carboxylic acids is 1. The number of carboxylic acid groups (broad SMARTS) is 1. The van der Waals surface area contributed by atoms with Crippen molar-refractivity contribution in [3.8, 4) is 11.1 Å². The Morgan fingerprint density at radius 2 is 1.71 bits per heavy atom. The molecule has 0 aliphatic carbocycles. The fourth-order valence-corrected chi connectivity index (χ4v) is 3.05. The Balaban J connectivity index is 2.43. The summed E-state index contributed by atoms with van der Waals surface area (Å²) in [6.07, 6.45) is 0. The molecule has 2 N–H and O–H groups in total. The van der Waals surface area contributed by atoms with Crippen LogP contribution in [0.5, 0.6) is 0 Å². The minimum Gasteiger partial charge on any atom is -0.478 e. The molecule has 5 nitrogen and oxygen atoms in total. The van der Waals surface area contributed by atoms with E-state index in [1.165, 1.54) is 18.2 Å². The van der Waals surface area contributed by atoms with Crippen LogP contribution < -0.4 is 4.72 Å². The molecule has 110 valence electrons. The predicted octanol–water partition coefficient (Wildman–Crippen LogP) is 2.35. The Labute approximate surface area is 123 Å². The van der Waals surface area contributed by atoms with E-state index in [2.05, 4.69) is 4.72 Å². The van der Waals surface area contributed by atoms with Crippen LogP contribution >= 0.6 is 0 Å². The summed E-state index contributed by atoms with van der Waals surface area (Å²) in [5.74, 6) is -1.02. The van der Waals surface area contributed by atoms with Gasteiger partial charge in [0.05, 0.1) is 10.5 Å². The molecular weight excluding hydrogens is 290 g/mol. The van der Waals surface area contributed by atoms with Gasteiger partial charge in [-0.25, -0.2) is 17.9 Å². The van der Waals surface area contributed by atoms with Crippen LogP contribution in [0.4, 0.5) is 0 Å². The average molecular weight is 305 g/mol. The number of carbonyl (C=O) groups is 1. The van der Waals surface area contributed by atoms with Gasteiger partial charge in [-0.15, -0.1) is 0 Å². The third-order valence-corrected chi connectivity index (χ3v) is 4.53. The molecule has 0 bridgehead atoms. The zero-order valence-electron chi connectivity index (χ0n) is 11.4. The molecule has 2 aromatic carbocycles. The number of hydrogen-bond donors (Lipinski definition) is 2. The normalized spacial score (nSPS) is 11.3. The lowest BCUT2D eigenvalue weighted by Crippen LogP contribution is -2.22. The maximum Gasteiger partial charge on any atom is 0.336 e. The Kier molecular flexibility index (Phi) is 4.40. The number of benzene rings is 2. The van der Waals surface area contributed by atoms with Crippen molar-refractivity contribution in [1.82, 2.24) is 4.72 Å². The van der Waals surface area contributed by atoms with Crippen LogP contribution in [-0.4, -0.2) is 26.0 Å². The molecule has 2 aromatic rings. The van der Waals surface area contributed by atoms with Crippen molar-refractivity contribution in [3.05, 3.63) is 54.1 Å². The molecule has 0 unspecified atom stereocenters. The topological polar surface area (TPSA) is 83.5 Å². The van der Waals surface area contributed by atoms with Gasteiger partial charge in [0, 0.05) is 6.54 Å². The van der Waals surface area contributed by atoms with Crippen LogP contribution in [0.25, 0.3) is 11.1 Å². The summed E-state index contributed by atoms with van der Waals surface area (Å²) in [6, 6.07) is 12.7. The lowest BCUT2D eigenvalue weighted by molar-refractivity contribution is 0.0697. The second-order valence-electron chi connectivity index (χ2n) is 4.38. The minimum atomic E-state index is -3.50. The van der Waals surface area contributed by atoms with E-state index < -0.39 is 16.0 Å². The zero-order valence-corrected chi connectivity index (χ0v) is 12.2. The van der Waals surface area contributed by atoms with Crippen LogP contribution in [0.2, 0.25) is 0 Å². The Morgan fingerprint density at radius 3 is 2.29 bits per heavy atom. The molecule has 0 saturated carbocycles. The van der Waals surface area contributed by atoms with Gasteiger partial charge in [0.15, 0.2) is 0 Å². The molecule has 0 aliphatic rings. The highest BCUT2D eigenvalue weighted by Gasteiger charge is 2.14. The summed E-state index contributed by atoms with van der Waals surface area (Å²) in [4.78, 5) is 11.4. The summed E-state index contributed by atoms with van der Waals surface area (Å²) in [5, 5.41) is 9.17. The third-order valence-electron chi connectivity index (χ3n) is 2.97. The standard InChI is InChI=1S/C15H15NO4S/c1-2-16-21(19,20)12-9-7-11(8-10-12)13-5-3-4-6-14(13)15(17)18/h3-10,16H,2H2,1H3,(H,17,18). The average Bonchev–Trinajstić information content (AvgIpc) is 2.47. The monoisotopic (exact) mass is 305 g/mol. The van der Waals surface area contributed by atoms with Gasteiger partial charge in [0.1, 0.15) is 0 Å². The van der Waals surface area contributed by atoms with Crippen LogP contribution in [-0.2, 0) is 10.0 Å². The van der Waals surface area contributed by atoms with Gasteiger partial charge in [0.2, 0.25) is 10.0 Å². The van der Waals surface area contributed by atoms with Gasteiger partial charge in [-0.1, -0.05) is 37.3 Å². The molecule has 0 heterocycles. The largest absolute Gasteiger partial charge is 0.478 e. The maximum absolute atomic E-state index is 11.8.